The zero-order valence-electron chi connectivity index (χ0n) is 14.3. The fourth-order valence-electron chi connectivity index (χ4n) is 3.28. The average Bonchev–Trinajstić information content (AvgIpc) is 3.13. The Morgan fingerprint density at radius 3 is 2.85 bits per heavy atom. The molecule has 0 aliphatic heterocycles. The third kappa shape index (κ3) is 3.44. The van der Waals surface area contributed by atoms with Crippen molar-refractivity contribution in [2.75, 3.05) is 6.61 Å². The van der Waals surface area contributed by atoms with Crippen molar-refractivity contribution in [2.45, 2.75) is 25.3 Å². The predicted octanol–water partition coefficient (Wildman–Crippen LogP) is 2.84. The van der Waals surface area contributed by atoms with Crippen LogP contribution in [0.15, 0.2) is 60.9 Å². The van der Waals surface area contributed by atoms with E-state index >= 15 is 0 Å². The van der Waals surface area contributed by atoms with Crippen molar-refractivity contribution in [3.8, 4) is 11.6 Å². The summed E-state index contributed by atoms with van der Waals surface area (Å²) >= 11 is 0. The molecule has 2 aromatic heterocycles. The van der Waals surface area contributed by atoms with Crippen LogP contribution in [-0.2, 0) is 11.2 Å². The van der Waals surface area contributed by atoms with E-state index in [9.17, 15) is 4.79 Å². The number of amides is 1. The molecule has 0 fully saturated rings. The number of pyridine rings is 1. The fraction of sp³-hybridized carbons (Fsp3) is 0.250. The summed E-state index contributed by atoms with van der Waals surface area (Å²) in [5.74, 6) is 1.36. The van der Waals surface area contributed by atoms with E-state index < -0.39 is 0 Å². The summed E-state index contributed by atoms with van der Waals surface area (Å²) in [5, 5.41) is 7.56. The number of carbonyl (C=O) groups excluding carboxylic acids is 1. The van der Waals surface area contributed by atoms with Gasteiger partial charge in [0, 0.05) is 11.8 Å². The maximum Gasteiger partial charge on any atom is 0.258 e. The molecule has 1 amide bonds. The molecule has 0 saturated carbocycles. The molecule has 26 heavy (non-hydrogen) atoms. The Morgan fingerprint density at radius 1 is 1.19 bits per heavy atom. The van der Waals surface area contributed by atoms with Crippen molar-refractivity contribution in [2.24, 2.45) is 0 Å². The molecule has 1 aliphatic carbocycles. The summed E-state index contributed by atoms with van der Waals surface area (Å²) in [6, 6.07) is 15.1. The van der Waals surface area contributed by atoms with Crippen LogP contribution in [0.1, 0.15) is 30.1 Å². The molecular weight excluding hydrogens is 328 g/mol. The molecule has 1 atom stereocenters. The molecule has 1 aromatic carbocycles. The summed E-state index contributed by atoms with van der Waals surface area (Å²) in [4.78, 5) is 16.7. The largest absolute Gasteiger partial charge is 0.484 e. The van der Waals surface area contributed by atoms with Crippen molar-refractivity contribution < 1.29 is 9.53 Å². The Kier molecular flexibility index (Phi) is 4.64. The number of carbonyl (C=O) groups is 1. The van der Waals surface area contributed by atoms with E-state index in [1.54, 1.807) is 6.20 Å². The van der Waals surface area contributed by atoms with Crippen LogP contribution in [0.4, 0.5) is 0 Å². The van der Waals surface area contributed by atoms with Crippen LogP contribution in [0.3, 0.4) is 0 Å². The van der Waals surface area contributed by atoms with Crippen LogP contribution < -0.4 is 10.1 Å². The number of rotatable bonds is 5. The van der Waals surface area contributed by atoms with Gasteiger partial charge in [-0.2, -0.15) is 5.10 Å². The van der Waals surface area contributed by atoms with Crippen LogP contribution in [0, 0.1) is 0 Å². The quantitative estimate of drug-likeness (QED) is 0.770. The first-order valence-corrected chi connectivity index (χ1v) is 8.76. The minimum Gasteiger partial charge on any atom is -0.484 e. The molecule has 6 nitrogen and oxygen atoms in total. The molecule has 0 radical (unpaired) electrons. The smallest absolute Gasteiger partial charge is 0.258 e. The molecule has 1 N–H and O–H groups in total. The first-order chi connectivity index (χ1) is 12.8. The lowest BCUT2D eigenvalue weighted by molar-refractivity contribution is -0.123. The van der Waals surface area contributed by atoms with E-state index in [0.29, 0.717) is 5.75 Å². The van der Waals surface area contributed by atoms with Crippen LogP contribution in [0.25, 0.3) is 5.82 Å². The summed E-state index contributed by atoms with van der Waals surface area (Å²) in [7, 11) is 0. The number of aromatic nitrogens is 3. The number of hydrogen-bond donors (Lipinski definition) is 1. The lowest BCUT2D eigenvalue weighted by atomic mass is 9.93. The molecule has 0 spiro atoms. The SMILES string of the molecule is O=C(COc1ccccc1)N[C@H]1CCCc2c1cnn2-c1ccccn1. The second-order valence-electron chi connectivity index (χ2n) is 6.26. The number of hydrogen-bond acceptors (Lipinski definition) is 4. The van der Waals surface area contributed by atoms with E-state index in [0.717, 1.165) is 36.3 Å². The van der Waals surface area contributed by atoms with Crippen molar-refractivity contribution in [3.05, 3.63) is 72.2 Å². The Balaban J connectivity index is 1.45. The van der Waals surface area contributed by atoms with Crippen LogP contribution in [0.2, 0.25) is 0 Å². The number of nitrogens with one attached hydrogen (secondary N) is 1. The highest BCUT2D eigenvalue weighted by Gasteiger charge is 2.26. The first kappa shape index (κ1) is 16.3. The molecule has 132 valence electrons. The maximum absolute atomic E-state index is 12.3. The van der Waals surface area contributed by atoms with Gasteiger partial charge in [-0.1, -0.05) is 24.3 Å². The number of benzene rings is 1. The molecule has 4 rings (SSSR count). The topological polar surface area (TPSA) is 69.0 Å². The minimum absolute atomic E-state index is 0.00419. The van der Waals surface area contributed by atoms with E-state index in [1.807, 2.05) is 59.4 Å². The Morgan fingerprint density at radius 2 is 2.04 bits per heavy atom. The monoisotopic (exact) mass is 348 g/mol. The number of ether oxygens (including phenoxy) is 1. The molecule has 2 heterocycles. The minimum atomic E-state index is -0.128. The lowest BCUT2D eigenvalue weighted by Gasteiger charge is -2.24. The van der Waals surface area contributed by atoms with Gasteiger partial charge in [0.05, 0.1) is 17.9 Å². The van der Waals surface area contributed by atoms with E-state index in [1.165, 1.54) is 0 Å². The molecule has 1 aliphatic rings. The van der Waals surface area contributed by atoms with Gasteiger partial charge in [-0.15, -0.1) is 0 Å². The standard InChI is InChI=1S/C20H20N4O2/c25-20(14-26-15-7-2-1-3-8-15)23-17-9-6-10-18-16(17)13-22-24(18)19-11-4-5-12-21-19/h1-5,7-8,11-13,17H,6,9-10,14H2,(H,23,25)/t17-/m0/s1. The molecular formula is C20H20N4O2. The average molecular weight is 348 g/mol. The number of para-hydroxylation sites is 1. The second kappa shape index (κ2) is 7.39. The second-order valence-corrected chi connectivity index (χ2v) is 6.26. The maximum atomic E-state index is 12.3. The van der Waals surface area contributed by atoms with Crippen LogP contribution in [-0.4, -0.2) is 27.3 Å². The summed E-state index contributed by atoms with van der Waals surface area (Å²) in [6.07, 6.45) is 6.42. The third-order valence-electron chi connectivity index (χ3n) is 4.50. The van der Waals surface area contributed by atoms with Crippen molar-refractivity contribution in [1.29, 1.82) is 0 Å². The third-order valence-corrected chi connectivity index (χ3v) is 4.50. The Hall–Kier alpha value is -3.15. The molecule has 3 aromatic rings. The normalized spacial score (nSPS) is 15.9. The summed E-state index contributed by atoms with van der Waals surface area (Å²) in [5.41, 5.74) is 2.18. The van der Waals surface area contributed by atoms with Gasteiger partial charge < -0.3 is 10.1 Å². The molecule has 0 bridgehead atoms. The van der Waals surface area contributed by atoms with Gasteiger partial charge >= 0.3 is 0 Å². The fourth-order valence-corrected chi connectivity index (χ4v) is 3.28. The van der Waals surface area contributed by atoms with Gasteiger partial charge in [-0.25, -0.2) is 9.67 Å². The van der Waals surface area contributed by atoms with E-state index in [2.05, 4.69) is 15.4 Å². The predicted molar refractivity (Wildman–Crippen MR) is 97.1 cm³/mol. The van der Waals surface area contributed by atoms with Crippen LogP contribution in [0.5, 0.6) is 5.75 Å². The Labute approximate surface area is 151 Å². The summed E-state index contributed by atoms with van der Waals surface area (Å²) < 4.78 is 7.40. The molecule has 0 saturated heterocycles. The van der Waals surface area contributed by atoms with E-state index in [4.69, 9.17) is 4.74 Å². The van der Waals surface area contributed by atoms with E-state index in [-0.39, 0.29) is 18.6 Å². The van der Waals surface area contributed by atoms with Gasteiger partial charge in [0.1, 0.15) is 5.75 Å². The molecule has 0 unspecified atom stereocenters. The number of nitrogens with zero attached hydrogens (tertiary/aromatic N) is 3. The zero-order chi connectivity index (χ0) is 17.8. The highest BCUT2D eigenvalue weighted by molar-refractivity contribution is 5.78. The highest BCUT2D eigenvalue weighted by atomic mass is 16.5. The van der Waals surface area contributed by atoms with Gasteiger partial charge in [0.15, 0.2) is 12.4 Å². The van der Waals surface area contributed by atoms with Gasteiger partial charge in [0.2, 0.25) is 0 Å². The van der Waals surface area contributed by atoms with Crippen LogP contribution >= 0.6 is 0 Å². The van der Waals surface area contributed by atoms with Crippen molar-refractivity contribution >= 4 is 5.91 Å². The number of fused-ring (bicyclic) bond motifs is 1. The van der Waals surface area contributed by atoms with Gasteiger partial charge in [-0.05, 0) is 43.5 Å². The van der Waals surface area contributed by atoms with Crippen molar-refractivity contribution in [1.82, 2.24) is 20.1 Å². The van der Waals surface area contributed by atoms with Gasteiger partial charge in [-0.3, -0.25) is 4.79 Å². The van der Waals surface area contributed by atoms with Crippen molar-refractivity contribution in [3.63, 3.8) is 0 Å². The zero-order valence-corrected chi connectivity index (χ0v) is 14.3. The molecule has 6 heteroatoms. The Bertz CT molecular complexity index is 877. The highest BCUT2D eigenvalue weighted by Crippen LogP contribution is 2.30. The first-order valence-electron chi connectivity index (χ1n) is 8.76. The summed E-state index contributed by atoms with van der Waals surface area (Å²) in [6.45, 7) is 0.00419. The lowest BCUT2D eigenvalue weighted by Crippen LogP contribution is -2.34. The van der Waals surface area contributed by atoms with Gasteiger partial charge in [0.25, 0.3) is 5.91 Å².